The zero-order valence-electron chi connectivity index (χ0n) is 14.8. The summed E-state index contributed by atoms with van der Waals surface area (Å²) in [5, 5.41) is 9.19. The Morgan fingerprint density at radius 3 is 2.22 bits per heavy atom. The van der Waals surface area contributed by atoms with Crippen LogP contribution >= 0.6 is 0 Å². The van der Waals surface area contributed by atoms with E-state index in [2.05, 4.69) is 0 Å². The molecule has 0 unspecified atom stereocenters. The smallest absolute Gasteiger partial charge is 0.324 e. The van der Waals surface area contributed by atoms with Gasteiger partial charge in [0.25, 0.3) is 5.69 Å². The van der Waals surface area contributed by atoms with E-state index in [1.807, 2.05) is 19.1 Å². The van der Waals surface area contributed by atoms with E-state index in [9.17, 15) is 23.3 Å². The van der Waals surface area contributed by atoms with Gasteiger partial charge in [0.05, 0.1) is 9.82 Å². The summed E-state index contributed by atoms with van der Waals surface area (Å²) in [6.07, 6.45) is 0. The van der Waals surface area contributed by atoms with Crippen LogP contribution in [0.25, 0.3) is 0 Å². The molecule has 0 bridgehead atoms. The van der Waals surface area contributed by atoms with Gasteiger partial charge in [-0.1, -0.05) is 17.7 Å². The second kappa shape index (κ2) is 8.63. The highest BCUT2D eigenvalue weighted by Gasteiger charge is 2.31. The SMILES string of the molecule is Cc1ccc(OCCOC(=O)[C@@H](C)S(=O)(=O)c2ccc([N+](=O)[O-])cc2)cc1. The molecule has 144 valence electrons. The number of carbonyl (C=O) groups excluding carboxylic acids is 1. The van der Waals surface area contributed by atoms with Crippen molar-refractivity contribution >= 4 is 21.5 Å². The van der Waals surface area contributed by atoms with Crippen LogP contribution < -0.4 is 4.74 Å². The van der Waals surface area contributed by atoms with Crippen LogP contribution in [0.15, 0.2) is 53.4 Å². The fourth-order valence-electron chi connectivity index (χ4n) is 2.14. The molecule has 1 atom stereocenters. The average molecular weight is 393 g/mol. The minimum Gasteiger partial charge on any atom is -0.490 e. The van der Waals surface area contributed by atoms with Gasteiger partial charge < -0.3 is 9.47 Å². The van der Waals surface area contributed by atoms with Gasteiger partial charge in [0.15, 0.2) is 15.1 Å². The highest BCUT2D eigenvalue weighted by atomic mass is 32.2. The summed E-state index contributed by atoms with van der Waals surface area (Å²) in [5.74, 6) is -0.302. The molecule has 0 saturated carbocycles. The van der Waals surface area contributed by atoms with Crippen LogP contribution in [0.5, 0.6) is 5.75 Å². The van der Waals surface area contributed by atoms with Gasteiger partial charge in [0.1, 0.15) is 19.0 Å². The molecule has 0 aliphatic rings. The monoisotopic (exact) mass is 393 g/mol. The summed E-state index contributed by atoms with van der Waals surface area (Å²) in [5.41, 5.74) is 0.844. The van der Waals surface area contributed by atoms with E-state index in [1.54, 1.807) is 12.1 Å². The second-order valence-corrected chi connectivity index (χ2v) is 8.04. The third-order valence-corrected chi connectivity index (χ3v) is 5.84. The Morgan fingerprint density at radius 2 is 1.67 bits per heavy atom. The Balaban J connectivity index is 1.90. The fraction of sp³-hybridized carbons (Fsp3) is 0.278. The molecule has 0 heterocycles. The number of nitro benzene ring substituents is 1. The van der Waals surface area contributed by atoms with Gasteiger partial charge in [-0.2, -0.15) is 0 Å². The molecule has 27 heavy (non-hydrogen) atoms. The van der Waals surface area contributed by atoms with Crippen LogP contribution in [0.1, 0.15) is 12.5 Å². The molecule has 0 spiro atoms. The zero-order chi connectivity index (χ0) is 20.0. The molecule has 8 nitrogen and oxygen atoms in total. The van der Waals surface area contributed by atoms with Gasteiger partial charge in [-0.05, 0) is 38.1 Å². The lowest BCUT2D eigenvalue weighted by molar-refractivity contribution is -0.384. The molecule has 0 amide bonds. The molecule has 0 radical (unpaired) electrons. The summed E-state index contributed by atoms with van der Waals surface area (Å²) in [6, 6.07) is 11.6. The van der Waals surface area contributed by atoms with Gasteiger partial charge in [-0.3, -0.25) is 14.9 Å². The van der Waals surface area contributed by atoms with Gasteiger partial charge >= 0.3 is 5.97 Å². The Morgan fingerprint density at radius 1 is 1.07 bits per heavy atom. The lowest BCUT2D eigenvalue weighted by atomic mass is 10.2. The number of aryl methyl sites for hydroxylation is 1. The number of esters is 1. The Bertz CT molecular complexity index is 906. The number of ether oxygens (including phenoxy) is 2. The first kappa shape index (κ1) is 20.4. The van der Waals surface area contributed by atoms with E-state index in [0.717, 1.165) is 29.8 Å². The maximum atomic E-state index is 12.4. The number of hydrogen-bond acceptors (Lipinski definition) is 7. The molecule has 0 aliphatic heterocycles. The summed E-state index contributed by atoms with van der Waals surface area (Å²) in [4.78, 5) is 21.8. The van der Waals surface area contributed by atoms with Crippen molar-refractivity contribution in [3.8, 4) is 5.75 Å². The van der Waals surface area contributed by atoms with Crippen molar-refractivity contribution in [1.82, 2.24) is 0 Å². The van der Waals surface area contributed by atoms with Crippen molar-refractivity contribution in [3.63, 3.8) is 0 Å². The Kier molecular flexibility index (Phi) is 6.51. The van der Waals surface area contributed by atoms with E-state index < -0.39 is 26.0 Å². The molecular formula is C18H19NO7S. The predicted molar refractivity (Wildman–Crippen MR) is 97.4 cm³/mol. The van der Waals surface area contributed by atoms with Crippen molar-refractivity contribution < 1.29 is 27.6 Å². The first-order chi connectivity index (χ1) is 12.7. The lowest BCUT2D eigenvalue weighted by Crippen LogP contribution is -2.30. The zero-order valence-corrected chi connectivity index (χ0v) is 15.6. The molecule has 2 aromatic rings. The summed E-state index contributed by atoms with van der Waals surface area (Å²) in [6.45, 7) is 3.13. The number of benzene rings is 2. The molecular weight excluding hydrogens is 374 g/mol. The summed E-state index contributed by atoms with van der Waals surface area (Å²) < 4.78 is 35.3. The largest absolute Gasteiger partial charge is 0.490 e. The molecule has 0 aromatic heterocycles. The van der Waals surface area contributed by atoms with Crippen LogP contribution in [0.2, 0.25) is 0 Å². The Hall–Kier alpha value is -2.94. The molecule has 0 aliphatic carbocycles. The van der Waals surface area contributed by atoms with Crippen LogP contribution in [-0.4, -0.2) is 37.8 Å². The van der Waals surface area contributed by atoms with Gasteiger partial charge in [0, 0.05) is 12.1 Å². The van der Waals surface area contributed by atoms with E-state index in [-0.39, 0.29) is 23.8 Å². The third-order valence-electron chi connectivity index (χ3n) is 3.79. The standard InChI is InChI=1S/C18H19NO7S/c1-13-3-7-16(8-4-13)25-11-12-26-18(20)14(2)27(23,24)17-9-5-15(6-10-17)19(21)22/h3-10,14H,11-12H2,1-2H3/t14-/m1/s1. The highest BCUT2D eigenvalue weighted by molar-refractivity contribution is 7.92. The maximum Gasteiger partial charge on any atom is 0.324 e. The summed E-state index contributed by atoms with van der Waals surface area (Å²) in [7, 11) is -4.01. The first-order valence-electron chi connectivity index (χ1n) is 8.06. The summed E-state index contributed by atoms with van der Waals surface area (Å²) >= 11 is 0. The number of non-ortho nitro benzene ring substituents is 1. The molecule has 2 rings (SSSR count). The number of rotatable bonds is 8. The van der Waals surface area contributed by atoms with Crippen LogP contribution in [0.3, 0.4) is 0 Å². The minimum absolute atomic E-state index is 0.0824. The van der Waals surface area contributed by atoms with Crippen molar-refractivity contribution in [1.29, 1.82) is 0 Å². The normalized spacial score (nSPS) is 12.2. The molecule has 2 aromatic carbocycles. The van der Waals surface area contributed by atoms with Crippen LogP contribution in [-0.2, 0) is 19.4 Å². The minimum atomic E-state index is -4.01. The van der Waals surface area contributed by atoms with Crippen LogP contribution in [0, 0.1) is 17.0 Å². The van der Waals surface area contributed by atoms with Gasteiger partial charge in [-0.25, -0.2) is 8.42 Å². The van der Waals surface area contributed by atoms with Crippen LogP contribution in [0.4, 0.5) is 5.69 Å². The number of nitro groups is 1. The van der Waals surface area contributed by atoms with E-state index >= 15 is 0 Å². The number of nitrogens with zero attached hydrogens (tertiary/aromatic N) is 1. The maximum absolute atomic E-state index is 12.4. The quantitative estimate of drug-likeness (QED) is 0.293. The van der Waals surface area contributed by atoms with E-state index in [1.165, 1.54) is 6.92 Å². The molecule has 0 fully saturated rings. The lowest BCUT2D eigenvalue weighted by Gasteiger charge is -2.13. The molecule has 0 N–H and O–H groups in total. The van der Waals surface area contributed by atoms with Crippen molar-refractivity contribution in [3.05, 3.63) is 64.2 Å². The number of carbonyl (C=O) groups is 1. The third kappa shape index (κ3) is 5.27. The molecule has 9 heteroatoms. The first-order valence-corrected chi connectivity index (χ1v) is 9.61. The van der Waals surface area contributed by atoms with Gasteiger partial charge in [0.2, 0.25) is 0 Å². The number of hydrogen-bond donors (Lipinski definition) is 0. The van der Waals surface area contributed by atoms with Crippen molar-refractivity contribution in [2.45, 2.75) is 24.0 Å². The predicted octanol–water partition coefficient (Wildman–Crippen LogP) is 2.69. The Labute approximate surface area is 156 Å². The average Bonchev–Trinajstić information content (AvgIpc) is 2.65. The second-order valence-electron chi connectivity index (χ2n) is 5.77. The van der Waals surface area contributed by atoms with Gasteiger partial charge in [-0.15, -0.1) is 0 Å². The van der Waals surface area contributed by atoms with E-state index in [4.69, 9.17) is 9.47 Å². The highest BCUT2D eigenvalue weighted by Crippen LogP contribution is 2.20. The number of sulfone groups is 1. The van der Waals surface area contributed by atoms with E-state index in [0.29, 0.717) is 5.75 Å². The fourth-order valence-corrected chi connectivity index (χ4v) is 3.39. The van der Waals surface area contributed by atoms with Crippen molar-refractivity contribution in [2.75, 3.05) is 13.2 Å². The topological polar surface area (TPSA) is 113 Å². The van der Waals surface area contributed by atoms with Crippen molar-refractivity contribution in [2.24, 2.45) is 0 Å². The molecule has 0 saturated heterocycles.